The van der Waals surface area contributed by atoms with Crippen molar-refractivity contribution in [3.8, 4) is 0 Å². The van der Waals surface area contributed by atoms with Gasteiger partial charge in [-0.25, -0.2) is 9.59 Å². The molecule has 0 amide bonds. The summed E-state index contributed by atoms with van der Waals surface area (Å²) in [6.45, 7) is 10.1. The summed E-state index contributed by atoms with van der Waals surface area (Å²) >= 11 is 0. The third-order valence-corrected chi connectivity index (χ3v) is 6.22. The molecule has 1 saturated heterocycles. The van der Waals surface area contributed by atoms with Crippen molar-refractivity contribution in [2.45, 2.75) is 90.1 Å². The Morgan fingerprint density at radius 2 is 1.57 bits per heavy atom. The van der Waals surface area contributed by atoms with Gasteiger partial charge >= 0.3 is 11.9 Å². The quantitative estimate of drug-likeness (QED) is 0.233. The number of carbonyl (C=O) groups excluding carboxylic acids is 2. The lowest BCUT2D eigenvalue weighted by Gasteiger charge is -2.35. The molecule has 0 spiro atoms. The maximum absolute atomic E-state index is 12.7. The van der Waals surface area contributed by atoms with Gasteiger partial charge in [-0.05, 0) is 26.2 Å². The van der Waals surface area contributed by atoms with E-state index in [-0.39, 0.29) is 16.9 Å². The summed E-state index contributed by atoms with van der Waals surface area (Å²) in [4.78, 5) is 25.1. The van der Waals surface area contributed by atoms with Gasteiger partial charge in [0.2, 0.25) is 0 Å². The molecule has 9 nitrogen and oxygen atoms in total. The van der Waals surface area contributed by atoms with Gasteiger partial charge in [0.1, 0.15) is 41.3 Å². The minimum absolute atomic E-state index is 0.0278. The van der Waals surface area contributed by atoms with Crippen molar-refractivity contribution in [2.75, 3.05) is 40.6 Å². The summed E-state index contributed by atoms with van der Waals surface area (Å²) in [6, 6.07) is 0. The highest BCUT2D eigenvalue weighted by Gasteiger charge is 2.58. The molecule has 0 unspecified atom stereocenters. The Labute approximate surface area is 208 Å². The van der Waals surface area contributed by atoms with Crippen LogP contribution in [0.2, 0.25) is 0 Å². The second kappa shape index (κ2) is 14.6. The molecule has 0 N–H and O–H groups in total. The van der Waals surface area contributed by atoms with Gasteiger partial charge in [0.15, 0.2) is 5.76 Å². The normalized spacial score (nSPS) is 24.0. The Morgan fingerprint density at radius 3 is 2.20 bits per heavy atom. The SMILES string of the molecule is CCCCOC[C@H]1O[C@@H](c2occ(C(=O)OC)c2C(=O)OC)[C@](C)(OCCCC)[C@@H]1OCCCC. The molecule has 1 aliphatic rings. The van der Waals surface area contributed by atoms with Gasteiger partial charge in [-0.1, -0.05) is 40.0 Å². The van der Waals surface area contributed by atoms with Crippen LogP contribution in [0.25, 0.3) is 0 Å². The molecule has 4 atom stereocenters. The first-order chi connectivity index (χ1) is 16.9. The predicted octanol–water partition coefficient (Wildman–Crippen LogP) is 4.87. The maximum atomic E-state index is 12.7. The maximum Gasteiger partial charge on any atom is 0.342 e. The van der Waals surface area contributed by atoms with E-state index in [9.17, 15) is 9.59 Å². The predicted molar refractivity (Wildman–Crippen MR) is 129 cm³/mol. The third kappa shape index (κ3) is 7.06. The van der Waals surface area contributed by atoms with Gasteiger partial charge in [0, 0.05) is 19.8 Å². The zero-order chi connectivity index (χ0) is 25.8. The molecule has 35 heavy (non-hydrogen) atoms. The Morgan fingerprint density at radius 1 is 0.943 bits per heavy atom. The fourth-order valence-corrected chi connectivity index (χ4v) is 4.15. The molecule has 1 aromatic rings. The van der Waals surface area contributed by atoms with E-state index < -0.39 is 35.9 Å². The van der Waals surface area contributed by atoms with Gasteiger partial charge in [-0.2, -0.15) is 0 Å². The lowest BCUT2D eigenvalue weighted by molar-refractivity contribution is -0.140. The largest absolute Gasteiger partial charge is 0.465 e. The first-order valence-corrected chi connectivity index (χ1v) is 12.7. The minimum Gasteiger partial charge on any atom is -0.465 e. The van der Waals surface area contributed by atoms with E-state index >= 15 is 0 Å². The van der Waals surface area contributed by atoms with Crippen molar-refractivity contribution in [2.24, 2.45) is 0 Å². The first-order valence-electron chi connectivity index (χ1n) is 12.7. The number of ether oxygens (including phenoxy) is 6. The summed E-state index contributed by atoms with van der Waals surface area (Å²) in [7, 11) is 2.48. The van der Waals surface area contributed by atoms with Gasteiger partial charge in [0.25, 0.3) is 0 Å². The topological polar surface area (TPSA) is 103 Å². The lowest BCUT2D eigenvalue weighted by atomic mass is 9.89. The van der Waals surface area contributed by atoms with Crippen LogP contribution in [-0.2, 0) is 28.4 Å². The molecule has 200 valence electrons. The molecule has 1 aliphatic heterocycles. The molecule has 2 heterocycles. The Kier molecular flexibility index (Phi) is 12.2. The van der Waals surface area contributed by atoms with Gasteiger partial charge in [-0.3, -0.25) is 0 Å². The number of carbonyl (C=O) groups is 2. The number of methoxy groups -OCH3 is 2. The number of esters is 2. The molecule has 0 bridgehead atoms. The number of hydrogen-bond donors (Lipinski definition) is 0. The standard InChI is InChI=1S/C26H42O9/c1-7-10-13-31-17-19-22(32-14-11-8-2)26(4,34-15-12-9-3)23(35-19)21-20(25(28)30-6)18(16-33-21)24(27)29-5/h16,19,22-23H,7-15,17H2,1-6H3/t19-,22-,23+,26-/m1/s1. The van der Waals surface area contributed by atoms with Crippen molar-refractivity contribution in [3.63, 3.8) is 0 Å². The van der Waals surface area contributed by atoms with E-state index in [0.717, 1.165) is 38.5 Å². The molecule has 1 aromatic heterocycles. The fraction of sp³-hybridized carbons (Fsp3) is 0.769. The number of hydrogen-bond acceptors (Lipinski definition) is 9. The van der Waals surface area contributed by atoms with Crippen LogP contribution < -0.4 is 0 Å². The number of furan rings is 1. The van der Waals surface area contributed by atoms with E-state index in [4.69, 9.17) is 32.8 Å². The Balaban J connectivity index is 2.50. The Hall–Kier alpha value is -1.94. The summed E-state index contributed by atoms with van der Waals surface area (Å²) < 4.78 is 40.7. The van der Waals surface area contributed by atoms with Gasteiger partial charge < -0.3 is 32.8 Å². The Bertz CT molecular complexity index is 790. The van der Waals surface area contributed by atoms with Crippen molar-refractivity contribution < 1.29 is 42.4 Å². The van der Waals surface area contributed by atoms with Gasteiger partial charge in [-0.15, -0.1) is 0 Å². The van der Waals surface area contributed by atoms with Crippen LogP contribution in [0.15, 0.2) is 10.7 Å². The zero-order valence-corrected chi connectivity index (χ0v) is 22.1. The smallest absolute Gasteiger partial charge is 0.342 e. The highest BCUT2D eigenvalue weighted by molar-refractivity contribution is 6.03. The van der Waals surface area contributed by atoms with E-state index in [1.807, 2.05) is 6.92 Å². The number of unbranched alkanes of at least 4 members (excludes halogenated alkanes) is 3. The van der Waals surface area contributed by atoms with E-state index in [1.54, 1.807) is 0 Å². The van der Waals surface area contributed by atoms with E-state index in [2.05, 4.69) is 20.8 Å². The molecule has 0 saturated carbocycles. The summed E-state index contributed by atoms with van der Waals surface area (Å²) in [5.74, 6) is -1.28. The monoisotopic (exact) mass is 498 g/mol. The van der Waals surface area contributed by atoms with Crippen LogP contribution >= 0.6 is 0 Å². The van der Waals surface area contributed by atoms with Crippen molar-refractivity contribution in [3.05, 3.63) is 23.2 Å². The summed E-state index contributed by atoms with van der Waals surface area (Å²) in [5.41, 5.74) is -1.06. The first kappa shape index (κ1) is 29.3. The van der Waals surface area contributed by atoms with Gasteiger partial charge in [0.05, 0.1) is 20.8 Å². The molecule has 0 aliphatic carbocycles. The molecular weight excluding hydrogens is 456 g/mol. The molecule has 0 radical (unpaired) electrons. The van der Waals surface area contributed by atoms with Crippen molar-refractivity contribution in [1.29, 1.82) is 0 Å². The van der Waals surface area contributed by atoms with Crippen LogP contribution in [-0.4, -0.2) is 70.4 Å². The minimum atomic E-state index is -1.00. The van der Waals surface area contributed by atoms with Crippen molar-refractivity contribution in [1.82, 2.24) is 0 Å². The number of rotatable bonds is 16. The average Bonchev–Trinajstić information content (AvgIpc) is 3.41. The second-order valence-corrected chi connectivity index (χ2v) is 8.89. The van der Waals surface area contributed by atoms with E-state index in [0.29, 0.717) is 26.4 Å². The average molecular weight is 499 g/mol. The molecular formula is C26H42O9. The highest BCUT2D eigenvalue weighted by atomic mass is 16.6. The van der Waals surface area contributed by atoms with Crippen LogP contribution in [0.4, 0.5) is 0 Å². The highest BCUT2D eigenvalue weighted by Crippen LogP contribution is 2.48. The summed E-state index contributed by atoms with van der Waals surface area (Å²) in [5, 5.41) is 0. The molecule has 1 fully saturated rings. The zero-order valence-electron chi connectivity index (χ0n) is 22.1. The van der Waals surface area contributed by atoms with E-state index in [1.165, 1.54) is 20.5 Å². The fourth-order valence-electron chi connectivity index (χ4n) is 4.15. The summed E-state index contributed by atoms with van der Waals surface area (Å²) in [6.07, 6.45) is 5.05. The third-order valence-electron chi connectivity index (χ3n) is 6.22. The molecule has 9 heteroatoms. The van der Waals surface area contributed by atoms with Crippen molar-refractivity contribution >= 4 is 11.9 Å². The lowest BCUT2D eigenvalue weighted by Crippen LogP contribution is -2.48. The van der Waals surface area contributed by atoms with Crippen LogP contribution in [0.3, 0.4) is 0 Å². The molecule has 0 aromatic carbocycles. The van der Waals surface area contributed by atoms with Crippen LogP contribution in [0.5, 0.6) is 0 Å². The second-order valence-electron chi connectivity index (χ2n) is 8.89. The van der Waals surface area contributed by atoms with Crippen LogP contribution in [0.1, 0.15) is 98.8 Å². The van der Waals surface area contributed by atoms with Crippen LogP contribution in [0, 0.1) is 0 Å². The molecule has 2 rings (SSSR count).